The molecule has 3 aromatic heterocycles. The largest absolute Gasteiger partial charge is 0.376 e. The molecule has 0 aromatic carbocycles. The van der Waals surface area contributed by atoms with Gasteiger partial charge in [0.2, 0.25) is 0 Å². The SMILES string of the molecule is Cc1cc2nc(C(=O)N(Cc3ccsc3)C[C@@H]3CCCO3)cc(C)n2n1. The maximum atomic E-state index is 13.2. The fourth-order valence-corrected chi connectivity index (χ4v) is 4.03. The lowest BCUT2D eigenvalue weighted by Crippen LogP contribution is -2.37. The number of carbonyl (C=O) groups is 1. The summed E-state index contributed by atoms with van der Waals surface area (Å²) in [6.45, 7) is 5.83. The molecule has 1 saturated heterocycles. The van der Waals surface area contributed by atoms with Crippen LogP contribution in [-0.4, -0.2) is 44.7 Å². The molecule has 6 nitrogen and oxygen atoms in total. The van der Waals surface area contributed by atoms with Gasteiger partial charge in [-0.05, 0) is 55.1 Å². The first kappa shape index (κ1) is 17.2. The highest BCUT2D eigenvalue weighted by atomic mass is 32.1. The Bertz CT molecular complexity index is 913. The fourth-order valence-electron chi connectivity index (χ4n) is 3.37. The van der Waals surface area contributed by atoms with Crippen LogP contribution >= 0.6 is 11.3 Å². The van der Waals surface area contributed by atoms with Crippen molar-refractivity contribution in [1.29, 1.82) is 0 Å². The van der Waals surface area contributed by atoms with Crippen LogP contribution in [0.3, 0.4) is 0 Å². The zero-order valence-corrected chi connectivity index (χ0v) is 15.8. The number of carbonyl (C=O) groups excluding carboxylic acids is 1. The van der Waals surface area contributed by atoms with Gasteiger partial charge in [-0.2, -0.15) is 16.4 Å². The number of amides is 1. The number of aromatic nitrogens is 3. The van der Waals surface area contributed by atoms with E-state index in [0.717, 1.165) is 36.4 Å². The van der Waals surface area contributed by atoms with Crippen LogP contribution in [0, 0.1) is 13.8 Å². The van der Waals surface area contributed by atoms with Gasteiger partial charge in [-0.15, -0.1) is 0 Å². The molecule has 0 spiro atoms. The molecule has 0 N–H and O–H groups in total. The van der Waals surface area contributed by atoms with Crippen LogP contribution in [0.1, 0.15) is 40.3 Å². The van der Waals surface area contributed by atoms with Crippen molar-refractivity contribution in [1.82, 2.24) is 19.5 Å². The summed E-state index contributed by atoms with van der Waals surface area (Å²) >= 11 is 1.64. The summed E-state index contributed by atoms with van der Waals surface area (Å²) < 4.78 is 7.53. The normalized spacial score (nSPS) is 17.1. The van der Waals surface area contributed by atoms with Crippen molar-refractivity contribution >= 4 is 22.9 Å². The van der Waals surface area contributed by atoms with Gasteiger partial charge in [0.15, 0.2) is 5.65 Å². The molecule has 1 amide bonds. The molecular weight excluding hydrogens is 348 g/mol. The number of rotatable bonds is 5. The molecule has 0 unspecified atom stereocenters. The van der Waals surface area contributed by atoms with Crippen LogP contribution in [0.2, 0.25) is 0 Å². The van der Waals surface area contributed by atoms with Crippen LogP contribution in [0.25, 0.3) is 5.65 Å². The zero-order valence-electron chi connectivity index (χ0n) is 15.0. The van der Waals surface area contributed by atoms with Crippen molar-refractivity contribution in [2.24, 2.45) is 0 Å². The summed E-state index contributed by atoms with van der Waals surface area (Å²) in [5.41, 5.74) is 4.10. The molecule has 1 fully saturated rings. The Morgan fingerprint density at radius 1 is 1.42 bits per heavy atom. The Labute approximate surface area is 156 Å². The summed E-state index contributed by atoms with van der Waals surface area (Å²) in [6.07, 6.45) is 2.17. The second-order valence-electron chi connectivity index (χ2n) is 6.79. The third-order valence-electron chi connectivity index (χ3n) is 4.64. The topological polar surface area (TPSA) is 59.7 Å². The predicted octanol–water partition coefficient (Wildman–Crippen LogP) is 3.23. The Kier molecular flexibility index (Phi) is 4.74. The quantitative estimate of drug-likeness (QED) is 0.692. The van der Waals surface area contributed by atoms with E-state index in [1.54, 1.807) is 15.9 Å². The molecule has 1 aliphatic rings. The summed E-state index contributed by atoms with van der Waals surface area (Å²) in [5.74, 6) is -0.0591. The van der Waals surface area contributed by atoms with Gasteiger partial charge >= 0.3 is 0 Å². The van der Waals surface area contributed by atoms with Gasteiger partial charge in [0, 0.05) is 31.5 Å². The first-order valence-corrected chi connectivity index (χ1v) is 9.80. The van der Waals surface area contributed by atoms with E-state index in [2.05, 4.69) is 21.5 Å². The number of thiophene rings is 1. The van der Waals surface area contributed by atoms with Gasteiger partial charge in [0.05, 0.1) is 11.8 Å². The number of hydrogen-bond acceptors (Lipinski definition) is 5. The fraction of sp³-hybridized carbons (Fsp3) is 0.421. The minimum atomic E-state index is -0.0591. The molecule has 26 heavy (non-hydrogen) atoms. The molecule has 0 bridgehead atoms. The highest BCUT2D eigenvalue weighted by Crippen LogP contribution is 2.19. The summed E-state index contributed by atoms with van der Waals surface area (Å²) in [5, 5.41) is 8.53. The average molecular weight is 370 g/mol. The van der Waals surface area contributed by atoms with Crippen LogP contribution in [0.5, 0.6) is 0 Å². The lowest BCUT2D eigenvalue weighted by Gasteiger charge is -2.25. The van der Waals surface area contributed by atoms with E-state index >= 15 is 0 Å². The van der Waals surface area contributed by atoms with Crippen molar-refractivity contribution in [2.45, 2.75) is 39.3 Å². The Balaban J connectivity index is 1.64. The third kappa shape index (κ3) is 3.50. The molecule has 4 heterocycles. The summed E-state index contributed by atoms with van der Waals surface area (Å²) in [4.78, 5) is 19.7. The monoisotopic (exact) mass is 370 g/mol. The molecule has 136 valence electrons. The number of nitrogens with zero attached hydrogens (tertiary/aromatic N) is 4. The van der Waals surface area contributed by atoms with Crippen molar-refractivity contribution in [3.8, 4) is 0 Å². The molecule has 1 aliphatic heterocycles. The molecular formula is C19H22N4O2S. The van der Waals surface area contributed by atoms with Gasteiger partial charge in [-0.3, -0.25) is 4.79 Å². The minimum Gasteiger partial charge on any atom is -0.376 e. The first-order chi connectivity index (χ1) is 12.6. The summed E-state index contributed by atoms with van der Waals surface area (Å²) in [7, 11) is 0. The van der Waals surface area contributed by atoms with Crippen LogP contribution in [0.15, 0.2) is 29.0 Å². The van der Waals surface area contributed by atoms with E-state index in [4.69, 9.17) is 4.74 Å². The molecule has 1 atom stereocenters. The van der Waals surface area contributed by atoms with E-state index in [9.17, 15) is 4.79 Å². The van der Waals surface area contributed by atoms with Crippen molar-refractivity contribution in [3.05, 3.63) is 51.6 Å². The Hall–Kier alpha value is -2.25. The van der Waals surface area contributed by atoms with Crippen molar-refractivity contribution in [3.63, 3.8) is 0 Å². The van der Waals surface area contributed by atoms with Gasteiger partial charge in [-0.1, -0.05) is 0 Å². The second-order valence-corrected chi connectivity index (χ2v) is 7.57. The van der Waals surface area contributed by atoms with Crippen LogP contribution in [-0.2, 0) is 11.3 Å². The van der Waals surface area contributed by atoms with Gasteiger partial charge in [-0.25, -0.2) is 9.50 Å². The van der Waals surface area contributed by atoms with E-state index in [0.29, 0.717) is 24.4 Å². The van der Waals surface area contributed by atoms with Gasteiger partial charge in [0.25, 0.3) is 5.91 Å². The number of aryl methyl sites for hydroxylation is 2. The number of ether oxygens (including phenoxy) is 1. The smallest absolute Gasteiger partial charge is 0.272 e. The van der Waals surface area contributed by atoms with E-state index < -0.39 is 0 Å². The highest BCUT2D eigenvalue weighted by molar-refractivity contribution is 7.07. The van der Waals surface area contributed by atoms with Crippen LogP contribution in [0.4, 0.5) is 0 Å². The van der Waals surface area contributed by atoms with Gasteiger partial charge < -0.3 is 9.64 Å². The highest BCUT2D eigenvalue weighted by Gasteiger charge is 2.25. The zero-order chi connectivity index (χ0) is 18.1. The average Bonchev–Trinajstić information content (AvgIpc) is 3.35. The molecule has 7 heteroatoms. The standard InChI is InChI=1S/C19H22N4O2S/c1-13-8-18-20-17(9-14(2)23(18)21-13)19(24)22(10-15-5-7-26-12-15)11-16-4-3-6-25-16/h5,7-9,12,16H,3-4,6,10-11H2,1-2H3/t16-/m0/s1. The molecule has 4 rings (SSSR count). The summed E-state index contributed by atoms with van der Waals surface area (Å²) in [6, 6.07) is 5.77. The molecule has 0 saturated carbocycles. The number of hydrogen-bond donors (Lipinski definition) is 0. The van der Waals surface area contributed by atoms with E-state index in [-0.39, 0.29) is 12.0 Å². The van der Waals surface area contributed by atoms with Crippen molar-refractivity contribution < 1.29 is 9.53 Å². The predicted molar refractivity (Wildman–Crippen MR) is 100 cm³/mol. The van der Waals surface area contributed by atoms with E-state index in [1.807, 2.05) is 36.3 Å². The molecule has 3 aromatic rings. The minimum absolute atomic E-state index is 0.0591. The molecule has 0 aliphatic carbocycles. The Morgan fingerprint density at radius 2 is 2.31 bits per heavy atom. The second kappa shape index (κ2) is 7.17. The van der Waals surface area contributed by atoms with Gasteiger partial charge in [0.1, 0.15) is 5.69 Å². The lowest BCUT2D eigenvalue weighted by atomic mass is 10.2. The maximum Gasteiger partial charge on any atom is 0.272 e. The number of fused-ring (bicyclic) bond motifs is 1. The Morgan fingerprint density at radius 3 is 3.04 bits per heavy atom. The molecule has 0 radical (unpaired) electrons. The first-order valence-electron chi connectivity index (χ1n) is 8.86. The van der Waals surface area contributed by atoms with E-state index in [1.165, 1.54) is 0 Å². The third-order valence-corrected chi connectivity index (χ3v) is 5.37. The van der Waals surface area contributed by atoms with Crippen molar-refractivity contribution in [2.75, 3.05) is 13.2 Å². The maximum absolute atomic E-state index is 13.2. The lowest BCUT2D eigenvalue weighted by molar-refractivity contribution is 0.0503. The van der Waals surface area contributed by atoms with Crippen LogP contribution < -0.4 is 0 Å².